The highest BCUT2D eigenvalue weighted by molar-refractivity contribution is 6.35. The van der Waals surface area contributed by atoms with Crippen molar-refractivity contribution in [2.75, 3.05) is 34.4 Å². The van der Waals surface area contributed by atoms with Crippen molar-refractivity contribution >= 4 is 51.6 Å². The third kappa shape index (κ3) is 7.57. The summed E-state index contributed by atoms with van der Waals surface area (Å²) in [5.74, 6) is 1.36. The highest BCUT2D eigenvalue weighted by atomic mass is 35.5. The summed E-state index contributed by atoms with van der Waals surface area (Å²) in [7, 11) is 5.55. The fourth-order valence-corrected chi connectivity index (χ4v) is 10.3. The SMILES string of the molecule is COC1=CC(c2cccc(-c3cccc4c3cnn4Cc3cc(OC)c(CN(C)C45CCC(C(=O)O)(CC4)CC5)cc3Cl)c2Cl)=CCC1CNC[C@@H]1CCC(=O)N1. The zero-order valence-electron chi connectivity index (χ0n) is 32.9. The number of carboxylic acids is 1. The smallest absolute Gasteiger partial charge is 0.309 e. The minimum Gasteiger partial charge on any atom is -0.501 e. The average molecular weight is 813 g/mol. The van der Waals surface area contributed by atoms with Crippen LogP contribution in [0, 0.1) is 11.3 Å². The number of amides is 1. The number of carbonyl (C=O) groups excluding carboxylic acids is 1. The first-order valence-corrected chi connectivity index (χ1v) is 20.8. The second kappa shape index (κ2) is 16.1. The van der Waals surface area contributed by atoms with E-state index in [2.05, 4.69) is 59.0 Å². The van der Waals surface area contributed by atoms with Crippen molar-refractivity contribution in [2.24, 2.45) is 11.3 Å². The summed E-state index contributed by atoms with van der Waals surface area (Å²) in [6, 6.07) is 16.6. The third-order valence-corrected chi connectivity index (χ3v) is 14.1. The van der Waals surface area contributed by atoms with E-state index in [0.717, 1.165) is 120 Å². The highest BCUT2D eigenvalue weighted by Crippen LogP contribution is 2.55. The predicted octanol–water partition coefficient (Wildman–Crippen LogP) is 8.48. The Hall–Kier alpha value is -4.35. The van der Waals surface area contributed by atoms with Gasteiger partial charge in [0, 0.05) is 70.7 Å². The van der Waals surface area contributed by atoms with E-state index in [9.17, 15) is 14.7 Å². The van der Waals surface area contributed by atoms with Gasteiger partial charge in [0.05, 0.1) is 42.9 Å². The molecular formula is C45H51Cl2N5O5. The van der Waals surface area contributed by atoms with Crippen LogP contribution in [0.5, 0.6) is 5.75 Å². The number of nitrogens with zero attached hydrogens (tertiary/aromatic N) is 3. The monoisotopic (exact) mass is 811 g/mol. The number of carboxylic acid groups (broad SMARTS) is 1. The van der Waals surface area contributed by atoms with Gasteiger partial charge in [-0.3, -0.25) is 19.2 Å². The lowest BCUT2D eigenvalue weighted by Gasteiger charge is -2.55. The molecular weight excluding hydrogens is 761 g/mol. The van der Waals surface area contributed by atoms with Gasteiger partial charge in [0.25, 0.3) is 0 Å². The van der Waals surface area contributed by atoms with E-state index in [-0.39, 0.29) is 23.4 Å². The van der Waals surface area contributed by atoms with Gasteiger partial charge in [-0.15, -0.1) is 0 Å². The van der Waals surface area contributed by atoms with Gasteiger partial charge in [0.1, 0.15) is 11.5 Å². The van der Waals surface area contributed by atoms with Crippen molar-refractivity contribution in [1.29, 1.82) is 0 Å². The molecule has 4 aromatic rings. The van der Waals surface area contributed by atoms with Gasteiger partial charge in [-0.2, -0.15) is 5.10 Å². The van der Waals surface area contributed by atoms with Gasteiger partial charge in [-0.1, -0.05) is 59.6 Å². The average Bonchev–Trinajstić information content (AvgIpc) is 3.85. The summed E-state index contributed by atoms with van der Waals surface area (Å²) in [6.07, 6.45) is 13.4. The molecule has 9 rings (SSSR count). The lowest BCUT2D eigenvalue weighted by Crippen LogP contribution is -2.56. The lowest BCUT2D eigenvalue weighted by atomic mass is 9.57. The van der Waals surface area contributed by atoms with E-state index >= 15 is 0 Å². The van der Waals surface area contributed by atoms with Gasteiger partial charge in [0.2, 0.25) is 5.91 Å². The molecule has 10 nitrogen and oxygen atoms in total. The van der Waals surface area contributed by atoms with Gasteiger partial charge in [-0.05, 0) is 99.4 Å². The second-order valence-corrected chi connectivity index (χ2v) is 17.2. The number of methoxy groups -OCH3 is 2. The fraction of sp³-hybridized carbons (Fsp3) is 0.444. The summed E-state index contributed by atoms with van der Waals surface area (Å²) < 4.78 is 13.8. The summed E-state index contributed by atoms with van der Waals surface area (Å²) in [5.41, 5.74) is 6.21. The Bertz CT molecular complexity index is 2240. The van der Waals surface area contributed by atoms with Crippen LogP contribution >= 0.6 is 23.2 Å². The third-order valence-electron chi connectivity index (χ3n) is 13.4. The van der Waals surface area contributed by atoms with E-state index in [1.165, 1.54) is 0 Å². The molecule has 3 saturated carbocycles. The molecule has 3 N–H and O–H groups in total. The number of fused-ring (bicyclic) bond motifs is 4. The van der Waals surface area contributed by atoms with Crippen LogP contribution in [0.4, 0.5) is 0 Å². The van der Waals surface area contributed by atoms with E-state index in [1.54, 1.807) is 14.2 Å². The minimum atomic E-state index is -0.638. The fourth-order valence-electron chi connectivity index (χ4n) is 9.72. The lowest BCUT2D eigenvalue weighted by molar-refractivity contribution is -0.160. The van der Waals surface area contributed by atoms with Crippen LogP contribution in [0.25, 0.3) is 27.6 Å². The molecule has 57 heavy (non-hydrogen) atoms. The number of nitrogens with one attached hydrogen (secondary N) is 2. The van der Waals surface area contributed by atoms with Crippen molar-refractivity contribution in [3.8, 4) is 16.9 Å². The molecule has 12 heteroatoms. The van der Waals surface area contributed by atoms with Crippen LogP contribution in [0.2, 0.25) is 10.0 Å². The minimum absolute atomic E-state index is 0.00358. The largest absolute Gasteiger partial charge is 0.501 e. The molecule has 300 valence electrons. The van der Waals surface area contributed by atoms with Crippen molar-refractivity contribution in [1.82, 2.24) is 25.3 Å². The standard InChI is InChI=1S/C45H51Cl2N5O5/c1-51(45-17-14-44(15-18-45,16-19-45)43(54)55)26-31-20-37(46)30(22-40(31)57-3)27-52-38-9-5-7-34(36(38)25-49-52)35-8-4-6-33(42(35)47)28-10-11-29(39(21-28)56-2)23-48-24-32-12-13-41(53)50-32/h4-10,20-22,25,29,32,48H,11-19,23-24,26-27H2,1-3H3,(H,50,53)(H,54,55)/t29?,32-,44?,45?/m0/s1. The van der Waals surface area contributed by atoms with E-state index in [0.29, 0.717) is 29.6 Å². The molecule has 1 aromatic heterocycles. The number of rotatable bonds is 14. The molecule has 5 aliphatic rings. The first kappa shape index (κ1) is 39.5. The second-order valence-electron chi connectivity index (χ2n) is 16.4. The van der Waals surface area contributed by atoms with Crippen LogP contribution < -0.4 is 15.4 Å². The summed E-state index contributed by atoms with van der Waals surface area (Å²) in [5, 5.41) is 23.5. The first-order chi connectivity index (χ1) is 27.5. The van der Waals surface area contributed by atoms with Crippen LogP contribution in [0.15, 0.2) is 72.6 Å². The Morgan fingerprint density at radius 2 is 1.74 bits per heavy atom. The normalized spacial score (nSPS) is 24.4. The topological polar surface area (TPSA) is 118 Å². The molecule has 0 spiro atoms. The van der Waals surface area contributed by atoms with E-state index in [4.69, 9.17) is 37.8 Å². The number of allylic oxidation sites excluding steroid dienone is 3. The molecule has 3 aromatic carbocycles. The number of hydrogen-bond acceptors (Lipinski definition) is 7. The number of halogens is 2. The Labute approximate surface area is 344 Å². The van der Waals surface area contributed by atoms with Crippen molar-refractivity contribution in [3.05, 3.63) is 99.4 Å². The van der Waals surface area contributed by atoms with Gasteiger partial charge in [-0.25, -0.2) is 0 Å². The van der Waals surface area contributed by atoms with Gasteiger partial charge >= 0.3 is 5.97 Å². The van der Waals surface area contributed by atoms with Crippen molar-refractivity contribution in [3.63, 3.8) is 0 Å². The summed E-state index contributed by atoms with van der Waals surface area (Å²) >= 11 is 14.3. The van der Waals surface area contributed by atoms with E-state index < -0.39 is 11.4 Å². The quantitative estimate of drug-likeness (QED) is 0.116. The number of aromatic nitrogens is 2. The predicted molar refractivity (Wildman–Crippen MR) is 224 cm³/mol. The van der Waals surface area contributed by atoms with Crippen LogP contribution in [-0.2, 0) is 27.4 Å². The zero-order valence-corrected chi connectivity index (χ0v) is 34.4. The number of aliphatic carboxylic acids is 1. The van der Waals surface area contributed by atoms with Crippen LogP contribution in [0.1, 0.15) is 74.5 Å². The Kier molecular flexibility index (Phi) is 11.2. The first-order valence-electron chi connectivity index (χ1n) is 20.0. The molecule has 1 unspecified atom stereocenters. The molecule has 2 bridgehead atoms. The number of carbonyl (C=O) groups is 2. The highest BCUT2D eigenvalue weighted by Gasteiger charge is 2.54. The maximum atomic E-state index is 12.0. The number of ether oxygens (including phenoxy) is 2. The molecule has 1 aliphatic heterocycles. The van der Waals surface area contributed by atoms with Crippen molar-refractivity contribution in [2.45, 2.75) is 82.5 Å². The van der Waals surface area contributed by atoms with Crippen molar-refractivity contribution < 1.29 is 24.2 Å². The Morgan fingerprint density at radius 1 is 1.00 bits per heavy atom. The molecule has 4 fully saturated rings. The van der Waals surface area contributed by atoms with E-state index in [1.807, 2.05) is 35.1 Å². The molecule has 1 amide bonds. The summed E-state index contributed by atoms with van der Waals surface area (Å²) in [6.45, 7) is 2.62. The maximum absolute atomic E-state index is 12.0. The summed E-state index contributed by atoms with van der Waals surface area (Å²) in [4.78, 5) is 26.0. The zero-order chi connectivity index (χ0) is 39.9. The molecule has 4 aliphatic carbocycles. The van der Waals surface area contributed by atoms with Gasteiger partial charge < -0.3 is 25.2 Å². The molecule has 1 saturated heterocycles. The van der Waals surface area contributed by atoms with Gasteiger partial charge in [0.15, 0.2) is 0 Å². The van der Waals surface area contributed by atoms with Crippen LogP contribution in [-0.4, -0.2) is 77.6 Å². The Morgan fingerprint density at radius 3 is 2.44 bits per heavy atom. The molecule has 0 radical (unpaired) electrons. The number of hydrogen-bond donors (Lipinski definition) is 3. The molecule has 2 atom stereocenters. The van der Waals surface area contributed by atoms with Crippen LogP contribution in [0.3, 0.4) is 0 Å². The molecule has 2 heterocycles. The number of benzene rings is 3. The maximum Gasteiger partial charge on any atom is 0.309 e. The Balaban J connectivity index is 0.985.